The van der Waals surface area contributed by atoms with Crippen molar-refractivity contribution in [2.24, 2.45) is 0 Å². The largest absolute Gasteiger partial charge is 0.484 e. The number of fused-ring (bicyclic) bond motifs is 1. The fourth-order valence-electron chi connectivity index (χ4n) is 3.96. The molecule has 2 heterocycles. The van der Waals surface area contributed by atoms with E-state index in [0.717, 1.165) is 11.1 Å². The van der Waals surface area contributed by atoms with Gasteiger partial charge in [0.1, 0.15) is 5.75 Å². The molecule has 1 fully saturated rings. The van der Waals surface area contributed by atoms with Gasteiger partial charge in [0, 0.05) is 38.5 Å². The van der Waals surface area contributed by atoms with Gasteiger partial charge in [0.05, 0.1) is 6.04 Å². The molecule has 1 aromatic carbocycles. The molecule has 188 valence electrons. The summed E-state index contributed by atoms with van der Waals surface area (Å²) >= 11 is 0. The molecule has 1 aromatic rings. The van der Waals surface area contributed by atoms with Crippen molar-refractivity contribution in [1.29, 1.82) is 0 Å². The molecule has 2 aliphatic heterocycles. The van der Waals surface area contributed by atoms with E-state index in [9.17, 15) is 14.4 Å². The van der Waals surface area contributed by atoms with Crippen LogP contribution in [0.1, 0.15) is 5.56 Å². The number of ether oxygens (including phenoxy) is 2. The van der Waals surface area contributed by atoms with Gasteiger partial charge in [-0.3, -0.25) is 14.8 Å². The first-order chi connectivity index (χ1) is 17.5. The van der Waals surface area contributed by atoms with Crippen molar-refractivity contribution in [3.8, 4) is 5.75 Å². The van der Waals surface area contributed by atoms with Gasteiger partial charge in [-0.15, -0.1) is 0 Å². The fraction of sp³-hybridized carbons (Fsp3) is 0.269. The number of carbonyl (C=O) groups is 3. The van der Waals surface area contributed by atoms with Gasteiger partial charge in [0.15, 0.2) is 13.3 Å². The van der Waals surface area contributed by atoms with Gasteiger partial charge in [-0.25, -0.2) is 10.3 Å². The van der Waals surface area contributed by atoms with Gasteiger partial charge < -0.3 is 24.2 Å². The molecule has 1 atom stereocenters. The van der Waals surface area contributed by atoms with Crippen LogP contribution < -0.4 is 10.2 Å². The highest BCUT2D eigenvalue weighted by atomic mass is 16.6. The van der Waals surface area contributed by atoms with Crippen molar-refractivity contribution < 1.29 is 29.1 Å². The van der Waals surface area contributed by atoms with Crippen molar-refractivity contribution in [3.63, 3.8) is 0 Å². The molecule has 1 aliphatic carbocycles. The average Bonchev–Trinajstić information content (AvgIpc) is 2.93. The molecule has 0 saturated carbocycles. The number of carbonyl (C=O) groups excluding carboxylic acids is 3. The van der Waals surface area contributed by atoms with E-state index in [4.69, 9.17) is 14.7 Å². The zero-order valence-corrected chi connectivity index (χ0v) is 19.7. The molecule has 2 N–H and O–H groups in total. The molecule has 36 heavy (non-hydrogen) atoms. The third-order valence-electron chi connectivity index (χ3n) is 5.97. The second-order valence-corrected chi connectivity index (χ2v) is 8.29. The van der Waals surface area contributed by atoms with Crippen LogP contribution in [-0.4, -0.2) is 83.4 Å². The molecule has 1 saturated heterocycles. The van der Waals surface area contributed by atoms with Crippen LogP contribution in [0.3, 0.4) is 0 Å². The van der Waals surface area contributed by atoms with E-state index in [1.807, 2.05) is 41.5 Å². The van der Waals surface area contributed by atoms with E-state index < -0.39 is 12.0 Å². The Hall–Kier alpha value is -4.31. The van der Waals surface area contributed by atoms with Gasteiger partial charge in [0.25, 0.3) is 11.8 Å². The summed E-state index contributed by atoms with van der Waals surface area (Å²) in [5, 5.41) is 8.49. The first-order valence-corrected chi connectivity index (χ1v) is 11.6. The van der Waals surface area contributed by atoms with Crippen LogP contribution in [-0.2, 0) is 14.3 Å². The molecule has 0 bridgehead atoms. The first-order valence-electron chi connectivity index (χ1n) is 11.6. The predicted octanol–water partition coefficient (Wildman–Crippen LogP) is 2.07. The lowest BCUT2D eigenvalue weighted by molar-refractivity contribution is -0.135. The Balaban J connectivity index is 1.17. The number of benzene rings is 1. The van der Waals surface area contributed by atoms with E-state index >= 15 is 0 Å². The van der Waals surface area contributed by atoms with Gasteiger partial charge in [-0.05, 0) is 35.4 Å². The standard InChI is InChI=1S/C26H28N4O6/c31-24(27-34)12-9-20-7-10-22(11-8-20)35-18-25(32)28-14-16-29(17-15-28)26(33)36-19-30-13-3-5-21-4-1-2-6-23(21)30/h1-13,23,34H,14-19H2,(H,27,31)/b12-9+. The van der Waals surface area contributed by atoms with Crippen molar-refractivity contribution in [1.82, 2.24) is 20.2 Å². The third kappa shape index (κ3) is 6.42. The summed E-state index contributed by atoms with van der Waals surface area (Å²) in [6.07, 6.45) is 16.3. The van der Waals surface area contributed by atoms with E-state index in [0.29, 0.717) is 31.9 Å². The Bertz CT molecular complexity index is 1110. The number of nitrogens with one attached hydrogen (secondary N) is 1. The highest BCUT2D eigenvalue weighted by Gasteiger charge is 2.26. The number of hydroxylamine groups is 1. The Morgan fingerprint density at radius 3 is 2.53 bits per heavy atom. The lowest BCUT2D eigenvalue weighted by Crippen LogP contribution is -2.52. The summed E-state index contributed by atoms with van der Waals surface area (Å²) in [7, 11) is 0. The van der Waals surface area contributed by atoms with Gasteiger partial charge in [-0.2, -0.15) is 0 Å². The van der Waals surface area contributed by atoms with Gasteiger partial charge >= 0.3 is 6.09 Å². The SMILES string of the molecule is O=C(/C=C/c1ccc(OCC(=O)N2CCN(C(=O)OCN3C=CC=C4C=CC=CC43)CC2)cc1)NO. The number of piperazine rings is 1. The second kappa shape index (κ2) is 11.9. The number of allylic oxidation sites excluding steroid dienone is 4. The minimum Gasteiger partial charge on any atom is -0.484 e. The summed E-state index contributed by atoms with van der Waals surface area (Å²) in [4.78, 5) is 41.4. The van der Waals surface area contributed by atoms with Gasteiger partial charge in [-0.1, -0.05) is 42.5 Å². The lowest BCUT2D eigenvalue weighted by atomic mass is 9.99. The molecule has 10 heteroatoms. The van der Waals surface area contributed by atoms with Crippen LogP contribution in [0.15, 0.2) is 78.6 Å². The summed E-state index contributed by atoms with van der Waals surface area (Å²) in [6.45, 7) is 1.61. The van der Waals surface area contributed by atoms with Crippen molar-refractivity contribution in [2.45, 2.75) is 6.04 Å². The summed E-state index contributed by atoms with van der Waals surface area (Å²) in [6, 6.07) is 6.89. The molecule has 0 spiro atoms. The van der Waals surface area contributed by atoms with Crippen LogP contribution in [0.25, 0.3) is 6.08 Å². The maximum atomic E-state index is 12.6. The molecule has 3 amide bonds. The zero-order chi connectivity index (χ0) is 25.3. The molecular formula is C26H28N4O6. The van der Waals surface area contributed by atoms with Crippen LogP contribution in [0.2, 0.25) is 0 Å². The first kappa shape index (κ1) is 24.8. The Morgan fingerprint density at radius 1 is 1.03 bits per heavy atom. The second-order valence-electron chi connectivity index (χ2n) is 8.29. The Kier molecular flexibility index (Phi) is 8.20. The summed E-state index contributed by atoms with van der Waals surface area (Å²) in [5.41, 5.74) is 3.40. The highest BCUT2D eigenvalue weighted by Crippen LogP contribution is 2.22. The molecule has 4 rings (SSSR count). The van der Waals surface area contributed by atoms with Crippen LogP contribution >= 0.6 is 0 Å². The van der Waals surface area contributed by atoms with Crippen molar-refractivity contribution in [3.05, 3.63) is 84.1 Å². The number of amides is 3. The molecule has 0 aromatic heterocycles. The predicted molar refractivity (Wildman–Crippen MR) is 132 cm³/mol. The maximum absolute atomic E-state index is 12.6. The van der Waals surface area contributed by atoms with E-state index in [-0.39, 0.29) is 25.3 Å². The normalized spacial score (nSPS) is 18.6. The van der Waals surface area contributed by atoms with E-state index in [2.05, 4.69) is 6.08 Å². The smallest absolute Gasteiger partial charge is 0.411 e. The monoisotopic (exact) mass is 492 g/mol. The highest BCUT2D eigenvalue weighted by molar-refractivity contribution is 5.90. The minimum atomic E-state index is -0.626. The van der Waals surface area contributed by atoms with Gasteiger partial charge in [0.2, 0.25) is 0 Å². The number of nitrogens with zero attached hydrogens (tertiary/aromatic N) is 3. The van der Waals surface area contributed by atoms with Crippen molar-refractivity contribution in [2.75, 3.05) is 39.5 Å². The topological polar surface area (TPSA) is 112 Å². The van der Waals surface area contributed by atoms with E-state index in [1.54, 1.807) is 34.1 Å². The summed E-state index contributed by atoms with van der Waals surface area (Å²) < 4.78 is 11.1. The van der Waals surface area contributed by atoms with E-state index in [1.165, 1.54) is 17.6 Å². The molecule has 10 nitrogen and oxygen atoms in total. The number of hydrogen-bond donors (Lipinski definition) is 2. The maximum Gasteiger partial charge on any atom is 0.411 e. The molecule has 0 radical (unpaired) electrons. The van der Waals surface area contributed by atoms with Crippen LogP contribution in [0.4, 0.5) is 4.79 Å². The van der Waals surface area contributed by atoms with Crippen LogP contribution in [0, 0.1) is 0 Å². The molecule has 3 aliphatic rings. The number of hydrogen-bond acceptors (Lipinski definition) is 7. The molecule has 1 unspecified atom stereocenters. The molecular weight excluding hydrogens is 464 g/mol. The lowest BCUT2D eigenvalue weighted by Gasteiger charge is -2.36. The Morgan fingerprint density at radius 2 is 1.78 bits per heavy atom. The minimum absolute atomic E-state index is 0.0581. The fourth-order valence-corrected chi connectivity index (χ4v) is 3.96. The van der Waals surface area contributed by atoms with Crippen LogP contribution in [0.5, 0.6) is 5.75 Å². The number of rotatable bonds is 7. The Labute approximate surface area is 209 Å². The summed E-state index contributed by atoms with van der Waals surface area (Å²) in [5.74, 6) is -0.275. The van der Waals surface area contributed by atoms with Crippen molar-refractivity contribution >= 4 is 24.0 Å². The quantitative estimate of drug-likeness (QED) is 0.341. The average molecular weight is 493 g/mol. The zero-order valence-electron chi connectivity index (χ0n) is 19.7. The third-order valence-corrected chi connectivity index (χ3v) is 5.97.